The lowest BCUT2D eigenvalue weighted by Gasteiger charge is -2.16. The molecule has 0 aromatic heterocycles. The van der Waals surface area contributed by atoms with Crippen molar-refractivity contribution < 1.29 is 33.6 Å². The van der Waals surface area contributed by atoms with Gasteiger partial charge in [0.25, 0.3) is 0 Å². The molecule has 0 amide bonds. The summed E-state index contributed by atoms with van der Waals surface area (Å²) in [6, 6.07) is 1.52. The minimum Gasteiger partial charge on any atom is -0.490 e. The summed E-state index contributed by atoms with van der Waals surface area (Å²) in [5.41, 5.74) is 0.317. The Hall–Kier alpha value is -1.67. The first-order valence-corrected chi connectivity index (χ1v) is 7.96. The van der Waals surface area contributed by atoms with Crippen LogP contribution in [-0.4, -0.2) is 58.8 Å². The Balaban J connectivity index is 3.29. The molecule has 0 atom stereocenters. The Morgan fingerprint density at radius 2 is 1.64 bits per heavy atom. The molecule has 1 rings (SSSR count). The molecule has 0 fully saturated rings. The van der Waals surface area contributed by atoms with Crippen LogP contribution in [0, 0.1) is 0 Å². The van der Waals surface area contributed by atoms with Gasteiger partial charge in [0.05, 0.1) is 25.3 Å². The standard InChI is InChI=1S/C16H20Cl2O7/c1-21-4-6-24-11-8-10(9-12(23-3)16(19)20)13(17)14(18)15(11)25-7-5-22-2/h8-9H,4-7H2,1-3H3,(H,19,20). The molecule has 7 nitrogen and oxygen atoms in total. The first-order valence-electron chi connectivity index (χ1n) is 7.20. The zero-order valence-corrected chi connectivity index (χ0v) is 15.6. The summed E-state index contributed by atoms with van der Waals surface area (Å²) in [7, 11) is 4.33. The molecule has 140 valence electrons. The van der Waals surface area contributed by atoms with Gasteiger partial charge in [-0.05, 0) is 12.1 Å². The van der Waals surface area contributed by atoms with E-state index in [0.717, 1.165) is 0 Å². The lowest BCUT2D eigenvalue weighted by atomic mass is 10.1. The van der Waals surface area contributed by atoms with Crippen LogP contribution in [0.15, 0.2) is 11.8 Å². The van der Waals surface area contributed by atoms with Gasteiger partial charge in [0, 0.05) is 19.8 Å². The van der Waals surface area contributed by atoms with Crippen molar-refractivity contribution in [3.63, 3.8) is 0 Å². The number of rotatable bonds is 11. The Morgan fingerprint density at radius 3 is 2.16 bits per heavy atom. The van der Waals surface area contributed by atoms with E-state index >= 15 is 0 Å². The summed E-state index contributed by atoms with van der Waals surface area (Å²) in [4.78, 5) is 11.1. The second kappa shape index (κ2) is 11.0. The van der Waals surface area contributed by atoms with Gasteiger partial charge in [-0.1, -0.05) is 23.2 Å². The molecule has 1 aromatic rings. The molecule has 0 radical (unpaired) electrons. The van der Waals surface area contributed by atoms with Gasteiger partial charge in [0.2, 0.25) is 5.76 Å². The molecule has 0 aliphatic heterocycles. The normalized spacial score (nSPS) is 11.3. The van der Waals surface area contributed by atoms with Crippen LogP contribution in [-0.2, 0) is 19.0 Å². The maximum absolute atomic E-state index is 11.1. The van der Waals surface area contributed by atoms with Gasteiger partial charge in [-0.15, -0.1) is 0 Å². The molecule has 0 aliphatic carbocycles. The summed E-state index contributed by atoms with van der Waals surface area (Å²) in [5.74, 6) is -0.994. The van der Waals surface area contributed by atoms with Crippen LogP contribution in [0.3, 0.4) is 0 Å². The van der Waals surface area contributed by atoms with Crippen LogP contribution in [0.5, 0.6) is 11.5 Å². The Labute approximate surface area is 156 Å². The van der Waals surface area contributed by atoms with Gasteiger partial charge in [-0.2, -0.15) is 0 Å². The third-order valence-electron chi connectivity index (χ3n) is 2.95. The van der Waals surface area contributed by atoms with Gasteiger partial charge in [0.15, 0.2) is 11.5 Å². The molecule has 0 heterocycles. The van der Waals surface area contributed by atoms with E-state index in [-0.39, 0.29) is 34.8 Å². The summed E-state index contributed by atoms with van der Waals surface area (Å²) >= 11 is 12.5. The number of carboxylic acid groups (broad SMARTS) is 1. The molecule has 0 bridgehead atoms. The van der Waals surface area contributed by atoms with Gasteiger partial charge in [-0.3, -0.25) is 0 Å². The fourth-order valence-electron chi connectivity index (χ4n) is 1.76. The number of halogens is 2. The average Bonchev–Trinajstić information content (AvgIpc) is 2.59. The molecule has 1 aromatic carbocycles. The number of methoxy groups -OCH3 is 3. The minimum absolute atomic E-state index is 0.0970. The monoisotopic (exact) mass is 394 g/mol. The lowest BCUT2D eigenvalue weighted by Crippen LogP contribution is -2.09. The van der Waals surface area contributed by atoms with E-state index in [1.807, 2.05) is 0 Å². The Morgan fingerprint density at radius 1 is 1.04 bits per heavy atom. The molecule has 0 aliphatic rings. The quantitative estimate of drug-likeness (QED) is 0.350. The maximum Gasteiger partial charge on any atom is 0.371 e. The molecule has 0 saturated carbocycles. The van der Waals surface area contributed by atoms with Gasteiger partial charge in [-0.25, -0.2) is 4.79 Å². The second-order valence-electron chi connectivity index (χ2n) is 4.62. The smallest absolute Gasteiger partial charge is 0.371 e. The molecule has 1 N–H and O–H groups in total. The molecular weight excluding hydrogens is 375 g/mol. The Kier molecular flexibility index (Phi) is 9.44. The molecule has 9 heteroatoms. The topological polar surface area (TPSA) is 83.5 Å². The molecule has 25 heavy (non-hydrogen) atoms. The van der Waals surface area contributed by atoms with Gasteiger partial charge < -0.3 is 28.8 Å². The number of carboxylic acids is 1. The van der Waals surface area contributed by atoms with Crippen molar-refractivity contribution in [3.05, 3.63) is 27.4 Å². The van der Waals surface area contributed by atoms with Crippen molar-refractivity contribution in [2.45, 2.75) is 0 Å². The maximum atomic E-state index is 11.1. The Bertz CT molecular complexity index is 617. The number of hydrogen-bond acceptors (Lipinski definition) is 6. The van der Waals surface area contributed by atoms with Crippen LogP contribution in [0.25, 0.3) is 6.08 Å². The second-order valence-corrected chi connectivity index (χ2v) is 5.38. The van der Waals surface area contributed by atoms with E-state index in [1.165, 1.54) is 19.3 Å². The van der Waals surface area contributed by atoms with E-state index < -0.39 is 5.97 Å². The van der Waals surface area contributed by atoms with Crippen LogP contribution in [0.1, 0.15) is 5.56 Å². The van der Waals surface area contributed by atoms with Crippen molar-refractivity contribution >= 4 is 35.2 Å². The average molecular weight is 395 g/mol. The van der Waals surface area contributed by atoms with Gasteiger partial charge >= 0.3 is 5.97 Å². The van der Waals surface area contributed by atoms with Crippen LogP contribution in [0.4, 0.5) is 0 Å². The molecule has 0 saturated heterocycles. The lowest BCUT2D eigenvalue weighted by molar-refractivity contribution is -0.135. The third-order valence-corrected chi connectivity index (χ3v) is 3.82. The predicted molar refractivity (Wildman–Crippen MR) is 93.8 cm³/mol. The van der Waals surface area contributed by atoms with E-state index in [4.69, 9.17) is 52.0 Å². The van der Waals surface area contributed by atoms with Crippen molar-refractivity contribution in [2.24, 2.45) is 0 Å². The zero-order valence-electron chi connectivity index (χ0n) is 14.1. The first kappa shape index (κ1) is 21.4. The van der Waals surface area contributed by atoms with Gasteiger partial charge in [0.1, 0.15) is 18.2 Å². The van der Waals surface area contributed by atoms with Crippen molar-refractivity contribution in [3.8, 4) is 11.5 Å². The van der Waals surface area contributed by atoms with E-state index in [0.29, 0.717) is 24.5 Å². The van der Waals surface area contributed by atoms with Crippen molar-refractivity contribution in [1.82, 2.24) is 0 Å². The highest BCUT2D eigenvalue weighted by Gasteiger charge is 2.19. The molecule has 0 unspecified atom stereocenters. The number of benzene rings is 1. The summed E-state index contributed by atoms with van der Waals surface area (Å²) in [5, 5.41) is 9.29. The fraction of sp³-hybridized carbons (Fsp3) is 0.438. The largest absolute Gasteiger partial charge is 0.490 e. The number of ether oxygens (including phenoxy) is 5. The molecule has 0 spiro atoms. The van der Waals surface area contributed by atoms with Crippen LogP contribution < -0.4 is 9.47 Å². The number of aliphatic carboxylic acids is 1. The number of carbonyl (C=O) groups is 1. The summed E-state index contributed by atoms with van der Waals surface area (Å²) in [6.07, 6.45) is 1.25. The first-order chi connectivity index (χ1) is 12.0. The predicted octanol–water partition coefficient (Wildman–Crippen LogP) is 3.12. The van der Waals surface area contributed by atoms with Crippen LogP contribution >= 0.6 is 23.2 Å². The highest BCUT2D eigenvalue weighted by Crippen LogP contribution is 2.43. The fourth-order valence-corrected chi connectivity index (χ4v) is 2.21. The van der Waals surface area contributed by atoms with Crippen LogP contribution in [0.2, 0.25) is 10.0 Å². The minimum atomic E-state index is -1.24. The van der Waals surface area contributed by atoms with E-state index in [9.17, 15) is 4.79 Å². The highest BCUT2D eigenvalue weighted by atomic mass is 35.5. The SMILES string of the molecule is COCCOc1cc(C=C(OC)C(=O)O)c(Cl)c(Cl)c1OCCOC. The highest BCUT2D eigenvalue weighted by molar-refractivity contribution is 6.44. The zero-order chi connectivity index (χ0) is 18.8. The summed E-state index contributed by atoms with van der Waals surface area (Å²) in [6.45, 7) is 1.18. The van der Waals surface area contributed by atoms with Crippen molar-refractivity contribution in [1.29, 1.82) is 0 Å². The van der Waals surface area contributed by atoms with Crippen molar-refractivity contribution in [2.75, 3.05) is 47.8 Å². The van der Waals surface area contributed by atoms with E-state index in [1.54, 1.807) is 14.2 Å². The number of hydrogen-bond donors (Lipinski definition) is 1. The summed E-state index contributed by atoms with van der Waals surface area (Å²) < 4.78 is 25.9. The van der Waals surface area contributed by atoms with E-state index in [2.05, 4.69) is 0 Å². The molecular formula is C16H20Cl2O7. The third kappa shape index (κ3) is 6.28.